The van der Waals surface area contributed by atoms with Crippen LogP contribution in [0.15, 0.2) is 70.6 Å². The number of carbonyl (C=O) groups is 2. The summed E-state index contributed by atoms with van der Waals surface area (Å²) in [7, 11) is -3.94. The zero-order valence-electron chi connectivity index (χ0n) is 19.3. The molecule has 10 heteroatoms. The smallest absolute Gasteiger partial charge is 0.257 e. The number of rotatable bonds is 4. The van der Waals surface area contributed by atoms with E-state index in [1.807, 2.05) is 26.0 Å². The SMILES string of the molecule is Cc1cc(-c2ncc(CNC(=O)c3ccc4c(c3)NC(=O)c3ccccc3S4(=O)=O)s2)cc(C)c1O. The first-order valence-electron chi connectivity index (χ1n) is 11.0. The normalized spacial score (nSPS) is 13.8. The van der Waals surface area contributed by atoms with Gasteiger partial charge in [0, 0.05) is 22.2 Å². The van der Waals surface area contributed by atoms with E-state index in [0.717, 1.165) is 26.6 Å². The molecule has 5 rings (SSSR count). The second-order valence-electron chi connectivity index (χ2n) is 8.44. The summed E-state index contributed by atoms with van der Waals surface area (Å²) in [6.07, 6.45) is 1.68. The molecule has 36 heavy (non-hydrogen) atoms. The quantitative estimate of drug-likeness (QED) is 0.366. The molecule has 4 aromatic rings. The number of nitrogens with one attached hydrogen (secondary N) is 2. The monoisotopic (exact) mass is 519 g/mol. The molecule has 0 bridgehead atoms. The van der Waals surface area contributed by atoms with Crippen molar-refractivity contribution in [3.63, 3.8) is 0 Å². The Morgan fingerprint density at radius 1 is 1.06 bits per heavy atom. The highest BCUT2D eigenvalue weighted by Crippen LogP contribution is 2.34. The number of phenols is 1. The van der Waals surface area contributed by atoms with Crippen LogP contribution >= 0.6 is 11.3 Å². The summed E-state index contributed by atoms with van der Waals surface area (Å²) in [5.41, 5.74) is 2.73. The number of phenolic OH excluding ortho intramolecular Hbond substituents is 1. The van der Waals surface area contributed by atoms with Gasteiger partial charge in [-0.2, -0.15) is 0 Å². The van der Waals surface area contributed by atoms with Crippen LogP contribution in [0.5, 0.6) is 5.75 Å². The summed E-state index contributed by atoms with van der Waals surface area (Å²) in [4.78, 5) is 30.6. The number of thiazole rings is 1. The predicted molar refractivity (Wildman–Crippen MR) is 136 cm³/mol. The molecule has 0 fully saturated rings. The average Bonchev–Trinajstić information content (AvgIpc) is 3.31. The third-order valence-corrected chi connectivity index (χ3v) is 8.83. The topological polar surface area (TPSA) is 125 Å². The van der Waals surface area contributed by atoms with E-state index in [9.17, 15) is 23.1 Å². The van der Waals surface area contributed by atoms with E-state index in [0.29, 0.717) is 0 Å². The number of amides is 2. The minimum absolute atomic E-state index is 0.0553. The van der Waals surface area contributed by atoms with Crippen molar-refractivity contribution in [2.24, 2.45) is 0 Å². The van der Waals surface area contributed by atoms with Crippen LogP contribution < -0.4 is 10.6 Å². The number of fused-ring (bicyclic) bond motifs is 2. The molecule has 0 spiro atoms. The number of aromatic nitrogens is 1. The highest BCUT2D eigenvalue weighted by atomic mass is 32.2. The lowest BCUT2D eigenvalue weighted by Gasteiger charge is -2.10. The molecular formula is C26H21N3O5S2. The maximum absolute atomic E-state index is 13.1. The number of hydrogen-bond donors (Lipinski definition) is 3. The highest BCUT2D eigenvalue weighted by Gasteiger charge is 2.31. The van der Waals surface area contributed by atoms with Crippen molar-refractivity contribution in [3.05, 3.63) is 87.9 Å². The van der Waals surface area contributed by atoms with Gasteiger partial charge < -0.3 is 15.7 Å². The third kappa shape index (κ3) is 4.14. The maximum atomic E-state index is 13.1. The van der Waals surface area contributed by atoms with Gasteiger partial charge in [0.2, 0.25) is 9.84 Å². The van der Waals surface area contributed by atoms with Gasteiger partial charge in [-0.3, -0.25) is 9.59 Å². The first-order valence-corrected chi connectivity index (χ1v) is 13.3. The highest BCUT2D eigenvalue weighted by molar-refractivity contribution is 7.91. The van der Waals surface area contributed by atoms with Crippen LogP contribution in [0.1, 0.15) is 36.7 Å². The lowest BCUT2D eigenvalue weighted by atomic mass is 10.1. The molecule has 0 atom stereocenters. The third-order valence-electron chi connectivity index (χ3n) is 5.92. The molecule has 1 aromatic heterocycles. The van der Waals surface area contributed by atoms with E-state index in [1.165, 1.54) is 41.7 Å². The van der Waals surface area contributed by atoms with Crippen LogP contribution in [0, 0.1) is 13.8 Å². The molecule has 182 valence electrons. The van der Waals surface area contributed by atoms with Gasteiger partial charge in [-0.15, -0.1) is 11.3 Å². The number of aryl methyl sites for hydroxylation is 2. The largest absolute Gasteiger partial charge is 0.507 e. The van der Waals surface area contributed by atoms with E-state index >= 15 is 0 Å². The first-order chi connectivity index (χ1) is 17.1. The average molecular weight is 520 g/mol. The van der Waals surface area contributed by atoms with Gasteiger partial charge in [0.1, 0.15) is 10.8 Å². The van der Waals surface area contributed by atoms with Crippen LogP contribution in [0.2, 0.25) is 0 Å². The van der Waals surface area contributed by atoms with Crippen molar-refractivity contribution in [2.45, 2.75) is 30.2 Å². The number of nitrogens with zero attached hydrogens (tertiary/aromatic N) is 1. The van der Waals surface area contributed by atoms with Gasteiger partial charge in [0.15, 0.2) is 0 Å². The summed E-state index contributed by atoms with van der Waals surface area (Å²) in [5.74, 6) is -0.712. The van der Waals surface area contributed by atoms with Gasteiger partial charge in [-0.05, 0) is 67.4 Å². The molecule has 0 radical (unpaired) electrons. The fourth-order valence-corrected chi connectivity index (χ4v) is 6.50. The summed E-state index contributed by atoms with van der Waals surface area (Å²) in [6, 6.07) is 13.8. The molecule has 1 aliphatic rings. The summed E-state index contributed by atoms with van der Waals surface area (Å²) in [5, 5.41) is 16.2. The first kappa shape index (κ1) is 23.7. The van der Waals surface area contributed by atoms with Crippen molar-refractivity contribution >= 4 is 38.7 Å². The number of benzene rings is 3. The van der Waals surface area contributed by atoms with Gasteiger partial charge in [0.05, 0.1) is 27.6 Å². The van der Waals surface area contributed by atoms with Gasteiger partial charge >= 0.3 is 0 Å². The molecule has 0 aliphatic carbocycles. The van der Waals surface area contributed by atoms with Crippen molar-refractivity contribution in [2.75, 3.05) is 5.32 Å². The summed E-state index contributed by atoms with van der Waals surface area (Å²) < 4.78 is 26.2. The van der Waals surface area contributed by atoms with E-state index < -0.39 is 21.7 Å². The number of carbonyl (C=O) groups excluding carboxylic acids is 2. The number of aromatic hydroxyl groups is 1. The van der Waals surface area contributed by atoms with E-state index in [-0.39, 0.29) is 38.9 Å². The molecule has 2 amide bonds. The fourth-order valence-electron chi connectivity index (χ4n) is 4.07. The Labute approximate surface area is 211 Å². The predicted octanol–water partition coefficient (Wildman–Crippen LogP) is 4.46. The van der Waals surface area contributed by atoms with Crippen LogP contribution in [0.4, 0.5) is 5.69 Å². The van der Waals surface area contributed by atoms with Gasteiger partial charge in [-0.1, -0.05) is 12.1 Å². The Hall–Kier alpha value is -4.02. The Morgan fingerprint density at radius 3 is 2.53 bits per heavy atom. The molecule has 3 N–H and O–H groups in total. The Kier molecular flexibility index (Phi) is 5.85. The van der Waals surface area contributed by atoms with Crippen LogP contribution in [-0.2, 0) is 16.4 Å². The van der Waals surface area contributed by atoms with Crippen LogP contribution in [0.25, 0.3) is 10.6 Å². The molecule has 8 nitrogen and oxygen atoms in total. The van der Waals surface area contributed by atoms with Crippen molar-refractivity contribution in [1.29, 1.82) is 0 Å². The maximum Gasteiger partial charge on any atom is 0.257 e. The lowest BCUT2D eigenvalue weighted by Crippen LogP contribution is -2.22. The molecule has 3 aromatic carbocycles. The molecular weight excluding hydrogens is 498 g/mol. The van der Waals surface area contributed by atoms with Crippen LogP contribution in [-0.4, -0.2) is 30.3 Å². The van der Waals surface area contributed by atoms with E-state index in [4.69, 9.17) is 0 Å². The zero-order chi connectivity index (χ0) is 25.6. The lowest BCUT2D eigenvalue weighted by molar-refractivity contribution is 0.0949. The number of sulfone groups is 1. The molecule has 0 saturated carbocycles. The summed E-state index contributed by atoms with van der Waals surface area (Å²) >= 11 is 1.42. The van der Waals surface area contributed by atoms with Gasteiger partial charge in [0.25, 0.3) is 11.8 Å². The second-order valence-corrected chi connectivity index (χ2v) is 11.4. The van der Waals surface area contributed by atoms with Crippen LogP contribution in [0.3, 0.4) is 0 Å². The second kappa shape index (κ2) is 8.89. The Morgan fingerprint density at radius 2 is 1.78 bits per heavy atom. The van der Waals surface area contributed by atoms with E-state index in [1.54, 1.807) is 18.3 Å². The minimum Gasteiger partial charge on any atom is -0.507 e. The minimum atomic E-state index is -3.94. The Bertz CT molecular complexity index is 1630. The number of anilines is 1. The number of hydrogen-bond acceptors (Lipinski definition) is 7. The molecule has 2 heterocycles. The fraction of sp³-hybridized carbons (Fsp3) is 0.115. The van der Waals surface area contributed by atoms with Gasteiger partial charge in [-0.25, -0.2) is 13.4 Å². The van der Waals surface area contributed by atoms with Crippen molar-refractivity contribution in [1.82, 2.24) is 10.3 Å². The standard InChI is InChI=1S/C26H21N3O5S2/c1-14-9-17(10-15(2)23(14)30)26-28-13-18(35-26)12-27-24(31)16-7-8-22-20(11-16)29-25(32)19-5-3-4-6-21(19)36(22,33)34/h3-11,13,30H,12H2,1-2H3,(H,27,31)(H,29,32). The van der Waals surface area contributed by atoms with E-state index in [2.05, 4.69) is 15.6 Å². The van der Waals surface area contributed by atoms with Crippen molar-refractivity contribution < 1.29 is 23.1 Å². The molecule has 1 aliphatic heterocycles. The molecule has 0 unspecified atom stereocenters. The summed E-state index contributed by atoms with van der Waals surface area (Å²) in [6.45, 7) is 3.88. The molecule has 0 saturated heterocycles. The Balaban J connectivity index is 1.35. The van der Waals surface area contributed by atoms with Crippen molar-refractivity contribution in [3.8, 4) is 16.3 Å². The zero-order valence-corrected chi connectivity index (χ0v) is 21.0.